The minimum Gasteiger partial charge on any atom is -0.478 e. The van der Waals surface area contributed by atoms with Crippen LogP contribution in [0.3, 0.4) is 0 Å². The first-order valence-corrected chi connectivity index (χ1v) is 12.7. The van der Waals surface area contributed by atoms with Gasteiger partial charge in [-0.25, -0.2) is 14.4 Å². The van der Waals surface area contributed by atoms with Crippen molar-refractivity contribution in [3.05, 3.63) is 82.3 Å². The molecule has 0 aliphatic carbocycles. The standard InChI is InChI=1S/C23H27BrN2O2.C4H4O4/c24-21-11-5-4-10-19(21)16-20-17-26(23(27)28-20)22(18-8-2-1-3-9-18)12-15-25-13-6-7-14-25;5-3(6)1-2-4(7)8/h1-5,8-11,20,22H,6-7,12-17H2;1-2H,(H,5,6)(H,7,8). The number of cyclic esters (lactones) is 1. The summed E-state index contributed by atoms with van der Waals surface area (Å²) in [5.74, 6) is -2.51. The lowest BCUT2D eigenvalue weighted by atomic mass is 10.0. The maximum absolute atomic E-state index is 12.7. The summed E-state index contributed by atoms with van der Waals surface area (Å²) in [4.78, 5) is 36.3. The SMILES string of the molecule is O=C(O)C=CC(=O)O.O=C1OC(Cc2ccccc2Br)CN1C(CCN1CCCC1)c1ccccc1. The summed E-state index contributed by atoms with van der Waals surface area (Å²) in [5.41, 5.74) is 2.37. The molecule has 36 heavy (non-hydrogen) atoms. The summed E-state index contributed by atoms with van der Waals surface area (Å²) in [6.07, 6.45) is 5.07. The van der Waals surface area contributed by atoms with Crippen molar-refractivity contribution < 1.29 is 29.3 Å². The Morgan fingerprint density at radius 1 is 1.00 bits per heavy atom. The van der Waals surface area contributed by atoms with E-state index in [1.54, 1.807) is 0 Å². The van der Waals surface area contributed by atoms with Crippen LogP contribution in [0.15, 0.2) is 71.2 Å². The van der Waals surface area contributed by atoms with Gasteiger partial charge in [0.05, 0.1) is 12.6 Å². The molecule has 2 aromatic carbocycles. The van der Waals surface area contributed by atoms with E-state index in [-0.39, 0.29) is 18.2 Å². The quantitative estimate of drug-likeness (QED) is 0.427. The second kappa shape index (κ2) is 13.8. The largest absolute Gasteiger partial charge is 0.478 e. The number of ether oxygens (including phenoxy) is 1. The molecular formula is C27H31BrN2O6. The van der Waals surface area contributed by atoms with Crippen molar-refractivity contribution >= 4 is 34.0 Å². The molecule has 0 saturated carbocycles. The number of nitrogens with zero attached hydrogens (tertiary/aromatic N) is 2. The highest BCUT2D eigenvalue weighted by Crippen LogP contribution is 2.31. The molecule has 192 valence electrons. The minimum absolute atomic E-state index is 0.0681. The van der Waals surface area contributed by atoms with Gasteiger partial charge in [-0.05, 0) is 49.5 Å². The molecule has 2 aliphatic heterocycles. The summed E-state index contributed by atoms with van der Waals surface area (Å²) < 4.78 is 6.83. The number of carbonyl (C=O) groups is 3. The van der Waals surface area contributed by atoms with E-state index in [0.717, 1.165) is 23.9 Å². The number of hydrogen-bond donors (Lipinski definition) is 2. The first kappa shape index (κ1) is 27.4. The molecule has 2 aliphatic rings. The number of benzene rings is 2. The molecule has 1 amide bonds. The molecule has 2 fully saturated rings. The van der Waals surface area contributed by atoms with Crippen LogP contribution in [0.2, 0.25) is 0 Å². The third kappa shape index (κ3) is 8.49. The Balaban J connectivity index is 0.000000392. The number of hydrogen-bond acceptors (Lipinski definition) is 5. The first-order valence-electron chi connectivity index (χ1n) is 12.0. The number of carbonyl (C=O) groups excluding carboxylic acids is 1. The van der Waals surface area contributed by atoms with Crippen LogP contribution in [0.1, 0.15) is 36.4 Å². The Kier molecular flexibility index (Phi) is 10.5. The lowest BCUT2D eigenvalue weighted by molar-refractivity contribution is -0.134. The number of amides is 1. The highest BCUT2D eigenvalue weighted by atomic mass is 79.9. The highest BCUT2D eigenvalue weighted by molar-refractivity contribution is 9.10. The van der Waals surface area contributed by atoms with Gasteiger partial charge >= 0.3 is 18.0 Å². The Labute approximate surface area is 219 Å². The Hall–Kier alpha value is -3.17. The van der Waals surface area contributed by atoms with E-state index in [1.165, 1.54) is 37.1 Å². The molecule has 2 N–H and O–H groups in total. The van der Waals surface area contributed by atoms with Crippen LogP contribution in [-0.2, 0) is 20.7 Å². The molecule has 8 nitrogen and oxygen atoms in total. The Morgan fingerprint density at radius 3 is 2.22 bits per heavy atom. The van der Waals surface area contributed by atoms with E-state index in [0.29, 0.717) is 18.7 Å². The summed E-state index contributed by atoms with van der Waals surface area (Å²) in [7, 11) is 0. The predicted octanol–water partition coefficient (Wildman–Crippen LogP) is 4.75. The van der Waals surface area contributed by atoms with Crippen LogP contribution in [0, 0.1) is 0 Å². The van der Waals surface area contributed by atoms with Crippen molar-refractivity contribution in [1.82, 2.24) is 9.80 Å². The number of rotatable bonds is 9. The fraction of sp³-hybridized carbons (Fsp3) is 0.370. The molecule has 0 aromatic heterocycles. The van der Waals surface area contributed by atoms with Crippen molar-refractivity contribution in [2.45, 2.75) is 37.8 Å². The van der Waals surface area contributed by atoms with Gasteiger partial charge in [0.1, 0.15) is 6.10 Å². The number of likely N-dealkylation sites (tertiary alicyclic amines) is 1. The zero-order valence-electron chi connectivity index (χ0n) is 20.0. The number of halogens is 1. The summed E-state index contributed by atoms with van der Waals surface area (Å²) in [6.45, 7) is 4.02. The van der Waals surface area contributed by atoms with Crippen LogP contribution >= 0.6 is 15.9 Å². The van der Waals surface area contributed by atoms with Crippen molar-refractivity contribution in [1.29, 1.82) is 0 Å². The van der Waals surface area contributed by atoms with E-state index in [4.69, 9.17) is 14.9 Å². The molecule has 0 spiro atoms. The maximum Gasteiger partial charge on any atom is 0.410 e. The minimum atomic E-state index is -1.26. The fourth-order valence-electron chi connectivity index (χ4n) is 4.44. The predicted molar refractivity (Wildman–Crippen MR) is 139 cm³/mol. The molecule has 2 aromatic rings. The molecule has 0 bridgehead atoms. The van der Waals surface area contributed by atoms with Crippen molar-refractivity contribution in [2.24, 2.45) is 0 Å². The summed E-state index contributed by atoms with van der Waals surface area (Å²) >= 11 is 3.60. The lowest BCUT2D eigenvalue weighted by Gasteiger charge is -2.28. The monoisotopic (exact) mass is 558 g/mol. The molecule has 2 unspecified atom stereocenters. The summed E-state index contributed by atoms with van der Waals surface area (Å²) in [5, 5.41) is 15.6. The lowest BCUT2D eigenvalue weighted by Crippen LogP contribution is -2.33. The third-order valence-corrected chi connectivity index (χ3v) is 6.93. The second-order valence-corrected chi connectivity index (χ2v) is 9.58. The molecule has 9 heteroatoms. The van der Waals surface area contributed by atoms with Gasteiger partial charge in [0.25, 0.3) is 0 Å². The average molecular weight is 559 g/mol. The van der Waals surface area contributed by atoms with E-state index < -0.39 is 11.9 Å². The van der Waals surface area contributed by atoms with E-state index >= 15 is 0 Å². The fourth-order valence-corrected chi connectivity index (χ4v) is 4.89. The van der Waals surface area contributed by atoms with Gasteiger partial charge < -0.3 is 19.8 Å². The topological polar surface area (TPSA) is 107 Å². The third-order valence-electron chi connectivity index (χ3n) is 6.15. The summed E-state index contributed by atoms with van der Waals surface area (Å²) in [6, 6.07) is 18.6. The van der Waals surface area contributed by atoms with Crippen molar-refractivity contribution in [3.63, 3.8) is 0 Å². The van der Waals surface area contributed by atoms with Gasteiger partial charge in [-0.3, -0.25) is 4.90 Å². The molecule has 0 radical (unpaired) electrons. The van der Waals surface area contributed by atoms with Gasteiger partial charge in [-0.15, -0.1) is 0 Å². The van der Waals surface area contributed by atoms with Crippen molar-refractivity contribution in [3.8, 4) is 0 Å². The van der Waals surface area contributed by atoms with Crippen LogP contribution in [0.5, 0.6) is 0 Å². The van der Waals surface area contributed by atoms with Crippen LogP contribution in [0.25, 0.3) is 0 Å². The van der Waals surface area contributed by atoms with Gasteiger partial charge in [-0.1, -0.05) is 64.5 Å². The number of aliphatic carboxylic acids is 2. The molecule has 2 atom stereocenters. The zero-order chi connectivity index (χ0) is 25.9. The highest BCUT2D eigenvalue weighted by Gasteiger charge is 2.37. The maximum atomic E-state index is 12.7. The zero-order valence-corrected chi connectivity index (χ0v) is 21.5. The van der Waals surface area contributed by atoms with E-state index in [9.17, 15) is 14.4 Å². The smallest absolute Gasteiger partial charge is 0.410 e. The Morgan fingerprint density at radius 2 is 1.61 bits per heavy atom. The van der Waals surface area contributed by atoms with Crippen LogP contribution in [-0.4, -0.2) is 70.3 Å². The number of carboxylic acids is 2. The van der Waals surface area contributed by atoms with Gasteiger partial charge in [0.2, 0.25) is 0 Å². The van der Waals surface area contributed by atoms with E-state index in [1.807, 2.05) is 29.2 Å². The van der Waals surface area contributed by atoms with Crippen LogP contribution < -0.4 is 0 Å². The Bertz CT molecular complexity index is 1040. The number of carboxylic acid groups (broad SMARTS) is 2. The van der Waals surface area contributed by atoms with Crippen molar-refractivity contribution in [2.75, 3.05) is 26.2 Å². The second-order valence-electron chi connectivity index (χ2n) is 8.73. The molecule has 2 saturated heterocycles. The molecular weight excluding hydrogens is 528 g/mol. The average Bonchev–Trinajstić information content (AvgIpc) is 3.50. The van der Waals surface area contributed by atoms with E-state index in [2.05, 4.69) is 51.2 Å². The molecule has 4 rings (SSSR count). The van der Waals surface area contributed by atoms with Crippen LogP contribution in [0.4, 0.5) is 4.79 Å². The molecule has 2 heterocycles. The normalized spacial score (nSPS) is 18.5. The first-order chi connectivity index (χ1) is 17.3. The van der Waals surface area contributed by atoms with Gasteiger partial charge in [-0.2, -0.15) is 0 Å². The van der Waals surface area contributed by atoms with Gasteiger partial charge in [0.15, 0.2) is 0 Å². The van der Waals surface area contributed by atoms with Gasteiger partial charge in [0, 0.05) is 29.6 Å².